The van der Waals surface area contributed by atoms with Gasteiger partial charge in [-0.15, -0.1) is 0 Å². The Bertz CT molecular complexity index is 140. The Hall–Kier alpha value is -0.300. The number of fused-ring (bicyclic) bond motifs is 1. The summed E-state index contributed by atoms with van der Waals surface area (Å²) >= 11 is 0. The molecule has 0 aromatic heterocycles. The summed E-state index contributed by atoms with van der Waals surface area (Å²) in [6, 6.07) is 0. The van der Waals surface area contributed by atoms with Crippen molar-refractivity contribution < 1.29 is 5.11 Å². The first kappa shape index (κ1) is 5.48. The van der Waals surface area contributed by atoms with Gasteiger partial charge < -0.3 is 5.11 Å². The molecule has 0 aliphatic heterocycles. The lowest BCUT2D eigenvalue weighted by Crippen LogP contribution is -2.13. The quantitative estimate of drug-likeness (QED) is 0.483. The van der Waals surface area contributed by atoms with Crippen LogP contribution in [-0.4, -0.2) is 11.2 Å². The van der Waals surface area contributed by atoms with Gasteiger partial charge in [-0.05, 0) is 31.1 Å². The normalized spacial score (nSPS) is 47.9. The Morgan fingerprint density at radius 2 is 2.22 bits per heavy atom. The summed E-state index contributed by atoms with van der Waals surface area (Å²) in [6.07, 6.45) is 7.83. The fourth-order valence-electron chi connectivity index (χ4n) is 2.06. The Morgan fingerprint density at radius 1 is 1.33 bits per heavy atom. The highest BCUT2D eigenvalue weighted by Crippen LogP contribution is 2.39. The second-order valence-electron chi connectivity index (χ2n) is 3.14. The molecule has 1 saturated carbocycles. The molecule has 2 aliphatic rings. The Labute approximate surface area is 55.4 Å². The van der Waals surface area contributed by atoms with E-state index in [9.17, 15) is 5.11 Å². The molecule has 2 aliphatic carbocycles. The molecule has 1 fully saturated rings. The molecule has 2 rings (SSSR count). The maximum absolute atomic E-state index is 9.36. The summed E-state index contributed by atoms with van der Waals surface area (Å²) in [5.74, 6) is 1.31. The standard InChI is InChI=1S/C8H12O/c9-8-5-4-6-2-1-3-7(6)8/h1-2,6-9H,3-5H2. The van der Waals surface area contributed by atoms with Crippen molar-refractivity contribution >= 4 is 0 Å². The minimum absolute atomic E-state index is 0.00463. The van der Waals surface area contributed by atoms with Crippen molar-refractivity contribution in [3.05, 3.63) is 12.2 Å². The molecule has 0 bridgehead atoms. The molecule has 9 heavy (non-hydrogen) atoms. The third-order valence-corrected chi connectivity index (χ3v) is 2.63. The van der Waals surface area contributed by atoms with E-state index < -0.39 is 0 Å². The molecule has 0 amide bonds. The summed E-state index contributed by atoms with van der Waals surface area (Å²) in [7, 11) is 0. The molecule has 0 aromatic carbocycles. The molecule has 50 valence electrons. The summed E-state index contributed by atoms with van der Waals surface area (Å²) in [6.45, 7) is 0. The van der Waals surface area contributed by atoms with E-state index in [1.165, 1.54) is 6.42 Å². The second kappa shape index (κ2) is 1.84. The molecular weight excluding hydrogens is 112 g/mol. The molecule has 0 spiro atoms. The van der Waals surface area contributed by atoms with Crippen molar-refractivity contribution in [2.45, 2.75) is 25.4 Å². The fourth-order valence-corrected chi connectivity index (χ4v) is 2.06. The summed E-state index contributed by atoms with van der Waals surface area (Å²) in [5, 5.41) is 9.36. The molecule has 1 N–H and O–H groups in total. The molecule has 1 nitrogen and oxygen atoms in total. The van der Waals surface area contributed by atoms with Gasteiger partial charge in [0.25, 0.3) is 0 Å². The number of hydrogen-bond donors (Lipinski definition) is 1. The molecular formula is C8H12O. The minimum atomic E-state index is 0.00463. The molecule has 0 heterocycles. The van der Waals surface area contributed by atoms with E-state index in [2.05, 4.69) is 12.2 Å². The second-order valence-corrected chi connectivity index (χ2v) is 3.14. The molecule has 0 aromatic rings. The molecule has 3 unspecified atom stereocenters. The van der Waals surface area contributed by atoms with Crippen LogP contribution in [0.4, 0.5) is 0 Å². The third kappa shape index (κ3) is 0.715. The van der Waals surface area contributed by atoms with Crippen LogP contribution < -0.4 is 0 Å². The number of aliphatic hydroxyl groups is 1. The average molecular weight is 124 g/mol. The molecule has 1 heteroatoms. The lowest BCUT2D eigenvalue weighted by molar-refractivity contribution is 0.129. The topological polar surface area (TPSA) is 20.2 Å². The van der Waals surface area contributed by atoms with Gasteiger partial charge in [-0.1, -0.05) is 12.2 Å². The lowest BCUT2D eigenvalue weighted by atomic mass is 9.99. The van der Waals surface area contributed by atoms with Crippen LogP contribution in [0.15, 0.2) is 12.2 Å². The number of rotatable bonds is 0. The zero-order chi connectivity index (χ0) is 6.27. The highest BCUT2D eigenvalue weighted by atomic mass is 16.3. The van der Waals surface area contributed by atoms with Crippen molar-refractivity contribution in [1.82, 2.24) is 0 Å². The Morgan fingerprint density at radius 3 is 3.00 bits per heavy atom. The van der Waals surface area contributed by atoms with Crippen LogP contribution in [0.25, 0.3) is 0 Å². The van der Waals surface area contributed by atoms with Gasteiger partial charge in [0, 0.05) is 0 Å². The zero-order valence-electron chi connectivity index (χ0n) is 5.46. The van der Waals surface area contributed by atoms with Crippen LogP contribution in [-0.2, 0) is 0 Å². The smallest absolute Gasteiger partial charge is 0.0577 e. The van der Waals surface area contributed by atoms with E-state index in [-0.39, 0.29) is 6.10 Å². The van der Waals surface area contributed by atoms with Crippen molar-refractivity contribution in [3.63, 3.8) is 0 Å². The van der Waals surface area contributed by atoms with Crippen LogP contribution in [0.5, 0.6) is 0 Å². The molecule has 0 radical (unpaired) electrons. The van der Waals surface area contributed by atoms with Crippen LogP contribution in [0.2, 0.25) is 0 Å². The Balaban J connectivity index is 2.13. The SMILES string of the molecule is OC1CCC2C=CCC12. The van der Waals surface area contributed by atoms with Crippen molar-refractivity contribution in [3.8, 4) is 0 Å². The average Bonchev–Trinajstić information content (AvgIpc) is 2.35. The largest absolute Gasteiger partial charge is 0.393 e. The highest BCUT2D eigenvalue weighted by Gasteiger charge is 2.34. The van der Waals surface area contributed by atoms with E-state index in [4.69, 9.17) is 0 Å². The third-order valence-electron chi connectivity index (χ3n) is 2.63. The van der Waals surface area contributed by atoms with E-state index in [1.807, 2.05) is 0 Å². The predicted molar refractivity (Wildman–Crippen MR) is 36.0 cm³/mol. The maximum atomic E-state index is 9.36. The van der Waals surface area contributed by atoms with Gasteiger partial charge in [0.1, 0.15) is 0 Å². The van der Waals surface area contributed by atoms with E-state index in [0.29, 0.717) is 5.92 Å². The zero-order valence-corrected chi connectivity index (χ0v) is 5.46. The first-order chi connectivity index (χ1) is 4.38. The van der Waals surface area contributed by atoms with Gasteiger partial charge in [-0.3, -0.25) is 0 Å². The van der Waals surface area contributed by atoms with Gasteiger partial charge in [-0.25, -0.2) is 0 Å². The summed E-state index contributed by atoms with van der Waals surface area (Å²) < 4.78 is 0. The van der Waals surface area contributed by atoms with E-state index >= 15 is 0 Å². The summed E-state index contributed by atoms with van der Waals surface area (Å²) in [4.78, 5) is 0. The van der Waals surface area contributed by atoms with Crippen LogP contribution in [0.1, 0.15) is 19.3 Å². The first-order valence-electron chi connectivity index (χ1n) is 3.72. The van der Waals surface area contributed by atoms with Crippen molar-refractivity contribution in [2.24, 2.45) is 11.8 Å². The van der Waals surface area contributed by atoms with Gasteiger partial charge in [0.05, 0.1) is 6.10 Å². The maximum Gasteiger partial charge on any atom is 0.0577 e. The van der Waals surface area contributed by atoms with Crippen molar-refractivity contribution in [1.29, 1.82) is 0 Å². The van der Waals surface area contributed by atoms with Crippen LogP contribution in [0, 0.1) is 11.8 Å². The number of allylic oxidation sites excluding steroid dienone is 2. The van der Waals surface area contributed by atoms with Crippen LogP contribution in [0.3, 0.4) is 0 Å². The first-order valence-corrected chi connectivity index (χ1v) is 3.72. The van der Waals surface area contributed by atoms with Gasteiger partial charge in [-0.2, -0.15) is 0 Å². The minimum Gasteiger partial charge on any atom is -0.393 e. The fraction of sp³-hybridized carbons (Fsp3) is 0.750. The van der Waals surface area contributed by atoms with Gasteiger partial charge in [0.2, 0.25) is 0 Å². The highest BCUT2D eigenvalue weighted by molar-refractivity contribution is 5.06. The lowest BCUT2D eigenvalue weighted by Gasteiger charge is -2.11. The van der Waals surface area contributed by atoms with Gasteiger partial charge in [0.15, 0.2) is 0 Å². The summed E-state index contributed by atoms with van der Waals surface area (Å²) in [5.41, 5.74) is 0. The number of hydrogen-bond acceptors (Lipinski definition) is 1. The van der Waals surface area contributed by atoms with Crippen LogP contribution >= 0.6 is 0 Å². The number of aliphatic hydroxyl groups excluding tert-OH is 1. The van der Waals surface area contributed by atoms with Gasteiger partial charge >= 0.3 is 0 Å². The molecule has 3 atom stereocenters. The van der Waals surface area contributed by atoms with E-state index in [1.54, 1.807) is 0 Å². The van der Waals surface area contributed by atoms with Crippen molar-refractivity contribution in [2.75, 3.05) is 0 Å². The monoisotopic (exact) mass is 124 g/mol. The predicted octanol–water partition coefficient (Wildman–Crippen LogP) is 1.33. The van der Waals surface area contributed by atoms with E-state index in [0.717, 1.165) is 18.8 Å². The molecule has 0 saturated heterocycles. The Kier molecular flexibility index (Phi) is 1.12.